The van der Waals surface area contributed by atoms with E-state index in [4.69, 9.17) is 4.74 Å². The molecule has 6 heteroatoms. The second-order valence-electron chi connectivity index (χ2n) is 5.59. The van der Waals surface area contributed by atoms with Crippen molar-refractivity contribution in [3.8, 4) is 5.75 Å². The second kappa shape index (κ2) is 5.03. The number of fused-ring (bicyclic) bond motifs is 4. The lowest BCUT2D eigenvalue weighted by Gasteiger charge is -2.01. The molecule has 0 amide bonds. The number of thiazole rings is 1. The van der Waals surface area contributed by atoms with Crippen molar-refractivity contribution in [1.82, 2.24) is 0 Å². The van der Waals surface area contributed by atoms with Crippen molar-refractivity contribution >= 4 is 54.5 Å². The van der Waals surface area contributed by atoms with Crippen LogP contribution >= 0.6 is 22.7 Å². The molecule has 4 aromatic rings. The third kappa shape index (κ3) is 1.90. The van der Waals surface area contributed by atoms with Crippen LogP contribution in [0.15, 0.2) is 53.7 Å². The summed E-state index contributed by atoms with van der Waals surface area (Å²) in [5, 5.41) is 7.80. The lowest BCUT2D eigenvalue weighted by Crippen LogP contribution is -2.30. The van der Waals surface area contributed by atoms with Gasteiger partial charge in [0.05, 0.1) is 5.69 Å². The van der Waals surface area contributed by atoms with Crippen LogP contribution in [0.5, 0.6) is 5.75 Å². The number of ether oxygens (including phenoxy) is 1. The SMILES string of the molecule is C[n+]1c(/C(F)=C2\Nc3c(ccc4ccccc34)O2)sc2sccc21. The smallest absolute Gasteiger partial charge is 0.305 e. The molecule has 5 rings (SSSR count). The van der Waals surface area contributed by atoms with E-state index in [-0.39, 0.29) is 11.7 Å². The van der Waals surface area contributed by atoms with Crippen molar-refractivity contribution in [1.29, 1.82) is 0 Å². The summed E-state index contributed by atoms with van der Waals surface area (Å²) in [6.45, 7) is 0. The average molecular weight is 355 g/mol. The molecule has 2 aromatic carbocycles. The zero-order valence-corrected chi connectivity index (χ0v) is 14.3. The molecular weight excluding hydrogens is 343 g/mol. The van der Waals surface area contributed by atoms with Crippen LogP contribution < -0.4 is 14.6 Å². The molecule has 1 aliphatic rings. The maximum Gasteiger partial charge on any atom is 0.305 e. The highest BCUT2D eigenvalue weighted by atomic mass is 32.2. The zero-order chi connectivity index (χ0) is 16.3. The Morgan fingerprint density at radius 1 is 1.17 bits per heavy atom. The van der Waals surface area contributed by atoms with Gasteiger partial charge in [-0.15, -0.1) is 11.3 Å². The number of thiophene rings is 1. The summed E-state index contributed by atoms with van der Waals surface area (Å²) in [4.78, 5) is 0. The molecule has 0 radical (unpaired) electrons. The number of aromatic nitrogens is 1. The molecule has 118 valence electrons. The Labute approximate surface area is 145 Å². The number of nitrogens with zero attached hydrogens (tertiary/aromatic N) is 1. The van der Waals surface area contributed by atoms with Gasteiger partial charge in [-0.3, -0.25) is 0 Å². The second-order valence-corrected chi connectivity index (χ2v) is 7.76. The summed E-state index contributed by atoms with van der Waals surface area (Å²) in [5.41, 5.74) is 1.86. The molecule has 1 aliphatic heterocycles. The van der Waals surface area contributed by atoms with Crippen LogP contribution in [0, 0.1) is 0 Å². The van der Waals surface area contributed by atoms with Gasteiger partial charge < -0.3 is 10.1 Å². The fourth-order valence-corrected chi connectivity index (χ4v) is 5.13. The number of hydrogen-bond donors (Lipinski definition) is 1. The van der Waals surface area contributed by atoms with E-state index in [9.17, 15) is 0 Å². The number of aryl methyl sites for hydroxylation is 1. The van der Waals surface area contributed by atoms with Gasteiger partial charge >= 0.3 is 5.01 Å². The van der Waals surface area contributed by atoms with Crippen LogP contribution in [0.3, 0.4) is 0 Å². The van der Waals surface area contributed by atoms with E-state index in [1.807, 2.05) is 59.5 Å². The summed E-state index contributed by atoms with van der Waals surface area (Å²) >= 11 is 3.06. The Bertz CT molecular complexity index is 1140. The Morgan fingerprint density at radius 2 is 2.04 bits per heavy atom. The highest BCUT2D eigenvalue weighted by Gasteiger charge is 2.30. The first kappa shape index (κ1) is 13.9. The molecule has 0 saturated carbocycles. The summed E-state index contributed by atoms with van der Waals surface area (Å²) in [6, 6.07) is 13.9. The Balaban J connectivity index is 1.64. The highest BCUT2D eigenvalue weighted by Crippen LogP contribution is 2.42. The van der Waals surface area contributed by atoms with Gasteiger partial charge in [0, 0.05) is 11.5 Å². The van der Waals surface area contributed by atoms with E-state index in [2.05, 4.69) is 5.32 Å². The number of hydrogen-bond acceptors (Lipinski definition) is 4. The monoisotopic (exact) mass is 355 g/mol. The van der Waals surface area contributed by atoms with Gasteiger partial charge in [0.25, 0.3) is 5.83 Å². The maximum atomic E-state index is 15.1. The first-order valence-electron chi connectivity index (χ1n) is 7.45. The van der Waals surface area contributed by atoms with E-state index in [0.29, 0.717) is 10.8 Å². The number of benzene rings is 2. The van der Waals surface area contributed by atoms with E-state index < -0.39 is 0 Å². The van der Waals surface area contributed by atoms with E-state index >= 15 is 4.39 Å². The molecule has 0 unspecified atom stereocenters. The zero-order valence-electron chi connectivity index (χ0n) is 12.7. The van der Waals surface area contributed by atoms with Gasteiger partial charge in [0.2, 0.25) is 11.4 Å². The Morgan fingerprint density at radius 3 is 2.92 bits per heavy atom. The van der Waals surface area contributed by atoms with Gasteiger partial charge in [0.1, 0.15) is 7.05 Å². The summed E-state index contributed by atoms with van der Waals surface area (Å²) in [5.74, 6) is 0.442. The van der Waals surface area contributed by atoms with Crippen LogP contribution in [0.2, 0.25) is 0 Å². The lowest BCUT2D eigenvalue weighted by atomic mass is 10.1. The normalized spacial score (nSPS) is 15.4. The molecule has 2 aromatic heterocycles. The minimum Gasteiger partial charge on any atom is -0.435 e. The predicted molar refractivity (Wildman–Crippen MR) is 97.1 cm³/mol. The number of rotatable bonds is 1. The minimum absolute atomic E-state index is 0.158. The van der Waals surface area contributed by atoms with Crippen molar-refractivity contribution in [3.05, 3.63) is 58.7 Å². The molecule has 0 atom stereocenters. The van der Waals surface area contributed by atoms with Crippen molar-refractivity contribution < 1.29 is 13.7 Å². The summed E-state index contributed by atoms with van der Waals surface area (Å²) in [7, 11) is 1.87. The lowest BCUT2D eigenvalue weighted by molar-refractivity contribution is -0.643. The van der Waals surface area contributed by atoms with E-state index in [1.54, 1.807) is 11.3 Å². The first-order chi connectivity index (χ1) is 11.7. The molecule has 0 saturated heterocycles. The minimum atomic E-state index is -0.369. The van der Waals surface area contributed by atoms with Gasteiger partial charge in [0.15, 0.2) is 9.76 Å². The van der Waals surface area contributed by atoms with Crippen LogP contribution in [0.1, 0.15) is 5.01 Å². The largest absolute Gasteiger partial charge is 0.435 e. The topological polar surface area (TPSA) is 25.1 Å². The third-order valence-corrected chi connectivity index (χ3v) is 6.47. The van der Waals surface area contributed by atoms with Gasteiger partial charge in [-0.1, -0.05) is 30.3 Å². The van der Waals surface area contributed by atoms with Gasteiger partial charge in [-0.25, -0.2) is 0 Å². The summed E-state index contributed by atoms with van der Waals surface area (Å²) in [6.07, 6.45) is 0. The fourth-order valence-electron chi connectivity index (χ4n) is 2.98. The molecule has 1 N–H and O–H groups in total. The third-order valence-electron chi connectivity index (χ3n) is 4.19. The van der Waals surface area contributed by atoms with Crippen LogP contribution in [-0.4, -0.2) is 0 Å². The predicted octanol–water partition coefficient (Wildman–Crippen LogP) is 5.04. The average Bonchev–Trinajstić information content (AvgIpc) is 3.30. The number of halogens is 1. The van der Waals surface area contributed by atoms with E-state index in [1.165, 1.54) is 11.3 Å². The molecule has 0 aliphatic carbocycles. The fraction of sp³-hybridized carbons (Fsp3) is 0.0556. The quantitative estimate of drug-likeness (QED) is 0.484. The van der Waals surface area contributed by atoms with Crippen molar-refractivity contribution in [2.45, 2.75) is 0 Å². The van der Waals surface area contributed by atoms with E-state index in [0.717, 1.165) is 26.0 Å². The molecule has 24 heavy (non-hydrogen) atoms. The Kier molecular flexibility index (Phi) is 2.92. The first-order valence-corrected chi connectivity index (χ1v) is 9.15. The van der Waals surface area contributed by atoms with Crippen molar-refractivity contribution in [2.75, 3.05) is 5.32 Å². The summed E-state index contributed by atoms with van der Waals surface area (Å²) < 4.78 is 23.8. The van der Waals surface area contributed by atoms with Gasteiger partial charge in [-0.2, -0.15) is 8.96 Å². The Hall–Kier alpha value is -2.44. The number of nitrogens with one attached hydrogen (secondary N) is 1. The highest BCUT2D eigenvalue weighted by molar-refractivity contribution is 7.37. The van der Waals surface area contributed by atoms with Crippen LogP contribution in [-0.2, 0) is 7.05 Å². The standard InChI is InChI=1S/C18H11FN2OS2/c1-21-12-8-9-23-18(12)24-17(21)14(19)16-20-15-11-5-3-2-4-10(11)6-7-13(15)22-16/h2-9H,1H3/p+1. The van der Waals surface area contributed by atoms with Crippen molar-refractivity contribution in [3.63, 3.8) is 0 Å². The van der Waals surface area contributed by atoms with Crippen molar-refractivity contribution in [2.24, 2.45) is 7.05 Å². The molecule has 0 fully saturated rings. The number of anilines is 1. The van der Waals surface area contributed by atoms with Crippen LogP contribution in [0.4, 0.5) is 10.1 Å². The van der Waals surface area contributed by atoms with Crippen LogP contribution in [0.25, 0.3) is 26.1 Å². The maximum absolute atomic E-state index is 15.1. The molecule has 3 nitrogen and oxygen atoms in total. The van der Waals surface area contributed by atoms with Gasteiger partial charge in [-0.05, 0) is 28.2 Å². The molecule has 3 heterocycles. The molecule has 0 bridgehead atoms. The molecular formula is C18H12FN2OS2+. The molecule has 0 spiro atoms.